The van der Waals surface area contributed by atoms with Crippen LogP contribution >= 0.6 is 0 Å². The molecule has 0 bridgehead atoms. The maximum atomic E-state index is 12.6. The minimum atomic E-state index is -0.258. The first-order chi connectivity index (χ1) is 14.1. The Labute approximate surface area is 183 Å². The van der Waals surface area contributed by atoms with E-state index in [0.717, 1.165) is 39.5 Å². The molecule has 0 saturated carbocycles. The van der Waals surface area contributed by atoms with Crippen molar-refractivity contribution in [1.29, 1.82) is 0 Å². The Kier molecular flexibility index (Phi) is 16.2. The van der Waals surface area contributed by atoms with E-state index in [1.54, 1.807) is 0 Å². The van der Waals surface area contributed by atoms with Crippen LogP contribution in [0.1, 0.15) is 60.8 Å². The molecule has 174 valence electrons. The number of hydrogen-bond donors (Lipinski definition) is 3. The third-order valence-corrected chi connectivity index (χ3v) is 4.46. The van der Waals surface area contributed by atoms with Gasteiger partial charge in [0.2, 0.25) is 17.7 Å². The van der Waals surface area contributed by atoms with E-state index in [4.69, 9.17) is 4.74 Å². The van der Waals surface area contributed by atoms with Crippen LogP contribution in [0.3, 0.4) is 0 Å². The van der Waals surface area contributed by atoms with Crippen molar-refractivity contribution < 1.29 is 19.1 Å². The number of hydrogen-bond acceptors (Lipinski definition) is 5. The molecular weight excluding hydrogens is 383 g/mol. The average molecular weight is 426 g/mol. The zero-order chi connectivity index (χ0) is 22.9. The van der Waals surface area contributed by atoms with Gasteiger partial charge in [0.05, 0.1) is 6.10 Å². The minimum absolute atomic E-state index is 0.0176. The molecule has 0 spiro atoms. The van der Waals surface area contributed by atoms with Crippen molar-refractivity contribution in [2.24, 2.45) is 0 Å². The molecule has 0 rings (SSSR count). The van der Waals surface area contributed by atoms with E-state index in [9.17, 15) is 14.4 Å². The second-order valence-electron chi connectivity index (χ2n) is 8.33. The molecule has 0 aromatic rings. The third-order valence-electron chi connectivity index (χ3n) is 4.46. The fourth-order valence-electron chi connectivity index (χ4n) is 2.70. The van der Waals surface area contributed by atoms with E-state index in [1.165, 1.54) is 4.90 Å². The monoisotopic (exact) mass is 426 g/mol. The maximum absolute atomic E-state index is 12.6. The Balaban J connectivity index is 4.34. The number of nitrogens with one attached hydrogen (secondary N) is 3. The fraction of sp³-hybridized carbons (Fsp3) is 0.857. The lowest BCUT2D eigenvalue weighted by molar-refractivity contribution is -0.139. The predicted octanol–water partition coefficient (Wildman–Crippen LogP) is 0.861. The molecule has 0 saturated heterocycles. The smallest absolute Gasteiger partial charge is 0.239 e. The Morgan fingerprint density at radius 2 is 1.63 bits per heavy atom. The molecule has 0 aliphatic carbocycles. The molecule has 0 aromatic heterocycles. The number of ether oxygens (including phenoxy) is 1. The van der Waals surface area contributed by atoms with E-state index in [1.807, 2.05) is 41.5 Å². The number of carbonyl (C=O) groups excluding carboxylic acids is 3. The molecule has 1 atom stereocenters. The van der Waals surface area contributed by atoms with Gasteiger partial charge in [0.15, 0.2) is 0 Å². The molecular formula is C21H43BN4O4. The first-order valence-corrected chi connectivity index (χ1v) is 11.3. The zero-order valence-electron chi connectivity index (χ0n) is 19.9. The van der Waals surface area contributed by atoms with E-state index in [-0.39, 0.29) is 55.4 Å². The van der Waals surface area contributed by atoms with E-state index >= 15 is 0 Å². The van der Waals surface area contributed by atoms with Crippen molar-refractivity contribution in [1.82, 2.24) is 20.9 Å². The lowest BCUT2D eigenvalue weighted by Crippen LogP contribution is -2.48. The molecule has 3 amide bonds. The Morgan fingerprint density at radius 1 is 1.00 bits per heavy atom. The van der Waals surface area contributed by atoms with Gasteiger partial charge in [-0.2, -0.15) is 0 Å². The van der Waals surface area contributed by atoms with Gasteiger partial charge in [0.25, 0.3) is 0 Å². The molecule has 9 heteroatoms. The Bertz CT molecular complexity index is 503. The molecule has 8 nitrogen and oxygen atoms in total. The molecule has 0 radical (unpaired) electrons. The van der Waals surface area contributed by atoms with Gasteiger partial charge in [0, 0.05) is 31.7 Å². The lowest BCUT2D eigenvalue weighted by atomic mass is 9.73. The summed E-state index contributed by atoms with van der Waals surface area (Å²) >= 11 is 0. The van der Waals surface area contributed by atoms with Crippen LogP contribution in [0, 0.1) is 0 Å². The highest BCUT2D eigenvalue weighted by Crippen LogP contribution is 1.98. The summed E-state index contributed by atoms with van der Waals surface area (Å²) in [6, 6.07) is 0.0162. The Morgan fingerprint density at radius 3 is 2.20 bits per heavy atom. The van der Waals surface area contributed by atoms with Crippen molar-refractivity contribution in [2.45, 2.75) is 85.3 Å². The van der Waals surface area contributed by atoms with E-state index < -0.39 is 0 Å². The van der Waals surface area contributed by atoms with E-state index in [0.29, 0.717) is 6.54 Å². The highest BCUT2D eigenvalue weighted by Gasteiger charge is 2.20. The summed E-state index contributed by atoms with van der Waals surface area (Å²) in [5, 5.41) is 8.88. The summed E-state index contributed by atoms with van der Waals surface area (Å²) in [6.07, 6.45) is 4.26. The molecule has 0 fully saturated rings. The molecule has 3 N–H and O–H groups in total. The van der Waals surface area contributed by atoms with Crippen molar-refractivity contribution in [2.75, 3.05) is 32.7 Å². The maximum Gasteiger partial charge on any atom is 0.239 e. The first kappa shape index (κ1) is 28.4. The normalized spacial score (nSPS) is 12.0. The zero-order valence-corrected chi connectivity index (χ0v) is 19.9. The van der Waals surface area contributed by atoms with Crippen LogP contribution in [0.4, 0.5) is 0 Å². The summed E-state index contributed by atoms with van der Waals surface area (Å²) < 4.78 is 5.51. The molecule has 0 heterocycles. The van der Waals surface area contributed by atoms with Crippen LogP contribution in [-0.4, -0.2) is 80.8 Å². The largest absolute Gasteiger partial charge is 0.379 e. The highest BCUT2D eigenvalue weighted by molar-refractivity contribution is 6.35. The van der Waals surface area contributed by atoms with Gasteiger partial charge in [-0.15, -0.1) is 0 Å². The van der Waals surface area contributed by atoms with Crippen LogP contribution in [-0.2, 0) is 19.1 Å². The number of rotatable bonds is 17. The minimum Gasteiger partial charge on any atom is -0.379 e. The average Bonchev–Trinajstić information content (AvgIpc) is 2.64. The second kappa shape index (κ2) is 17.1. The van der Waals surface area contributed by atoms with E-state index in [2.05, 4.69) is 16.0 Å². The van der Waals surface area contributed by atoms with Crippen molar-refractivity contribution >= 4 is 25.0 Å². The quantitative estimate of drug-likeness (QED) is 0.237. The molecule has 1 unspecified atom stereocenters. The SMILES string of the molecule is CCC(C)NC(=O)CN(CC(=O)NC(C)C)C(=O)CCNCBCCCOC(C)C. The summed E-state index contributed by atoms with van der Waals surface area (Å²) in [4.78, 5) is 38.3. The van der Waals surface area contributed by atoms with Gasteiger partial charge in [-0.3, -0.25) is 14.4 Å². The van der Waals surface area contributed by atoms with Crippen LogP contribution in [0.15, 0.2) is 0 Å². The van der Waals surface area contributed by atoms with Crippen molar-refractivity contribution in [3.8, 4) is 0 Å². The molecule has 30 heavy (non-hydrogen) atoms. The summed E-state index contributed by atoms with van der Waals surface area (Å²) in [5.41, 5.74) is 0. The third kappa shape index (κ3) is 16.2. The topological polar surface area (TPSA) is 99.8 Å². The van der Waals surface area contributed by atoms with Crippen LogP contribution in [0.25, 0.3) is 0 Å². The molecule has 0 aliphatic rings. The van der Waals surface area contributed by atoms with Crippen LogP contribution < -0.4 is 16.0 Å². The predicted molar refractivity (Wildman–Crippen MR) is 123 cm³/mol. The number of amides is 3. The van der Waals surface area contributed by atoms with Crippen molar-refractivity contribution in [3.05, 3.63) is 0 Å². The van der Waals surface area contributed by atoms with Gasteiger partial charge in [-0.1, -0.05) is 13.2 Å². The fourth-order valence-corrected chi connectivity index (χ4v) is 2.70. The van der Waals surface area contributed by atoms with Gasteiger partial charge in [0.1, 0.15) is 20.4 Å². The van der Waals surface area contributed by atoms with Gasteiger partial charge in [-0.05, 0) is 53.9 Å². The summed E-state index contributed by atoms with van der Waals surface area (Å²) in [7, 11) is 1.02. The van der Waals surface area contributed by atoms with Gasteiger partial charge < -0.3 is 25.6 Å². The highest BCUT2D eigenvalue weighted by atomic mass is 16.5. The lowest BCUT2D eigenvalue weighted by Gasteiger charge is -2.23. The molecule has 0 aromatic carbocycles. The summed E-state index contributed by atoms with van der Waals surface area (Å²) in [6.45, 7) is 12.8. The first-order valence-electron chi connectivity index (χ1n) is 11.3. The Hall–Kier alpha value is -1.61. The second-order valence-corrected chi connectivity index (χ2v) is 8.33. The van der Waals surface area contributed by atoms with Gasteiger partial charge in [-0.25, -0.2) is 0 Å². The molecule has 0 aliphatic heterocycles. The number of carbonyl (C=O) groups is 3. The number of nitrogens with zero attached hydrogens (tertiary/aromatic N) is 1. The standard InChI is InChI=1S/C21H43BN4O4/c1-7-18(6)25-20(28)14-26(13-19(27)24-16(2)3)21(29)9-11-23-15-22-10-8-12-30-17(4)5/h16-18,22-23H,7-15H2,1-6H3,(H,24,27)(H,25,28). The summed E-state index contributed by atoms with van der Waals surface area (Å²) in [5.74, 6) is -0.705. The van der Waals surface area contributed by atoms with Crippen LogP contribution in [0.5, 0.6) is 0 Å². The van der Waals surface area contributed by atoms with Gasteiger partial charge >= 0.3 is 0 Å². The van der Waals surface area contributed by atoms with Crippen LogP contribution in [0.2, 0.25) is 6.32 Å². The van der Waals surface area contributed by atoms with Crippen molar-refractivity contribution in [3.63, 3.8) is 0 Å².